The monoisotopic (exact) mass is 274 g/mol. The quantitative estimate of drug-likeness (QED) is 0.356. The topological polar surface area (TPSA) is 80.5 Å². The SMILES string of the molecule is CN1C(=O)/C(=C/c2cccc([N+](=O)[O-])c2)C(=O)C1(C)C. The molecule has 20 heavy (non-hydrogen) atoms. The molecule has 0 aromatic heterocycles. The molecule has 0 saturated carbocycles. The maximum Gasteiger partial charge on any atom is 0.270 e. The van der Waals surface area contributed by atoms with Crippen molar-refractivity contribution in [3.8, 4) is 0 Å². The van der Waals surface area contributed by atoms with Crippen LogP contribution < -0.4 is 0 Å². The van der Waals surface area contributed by atoms with E-state index >= 15 is 0 Å². The van der Waals surface area contributed by atoms with Crippen LogP contribution in [0.15, 0.2) is 29.8 Å². The normalized spacial score (nSPS) is 19.8. The first-order valence-electron chi connectivity index (χ1n) is 6.04. The van der Waals surface area contributed by atoms with Gasteiger partial charge in [0.05, 0.1) is 10.5 Å². The minimum atomic E-state index is -0.885. The van der Waals surface area contributed by atoms with E-state index in [0.717, 1.165) is 0 Å². The van der Waals surface area contributed by atoms with Gasteiger partial charge >= 0.3 is 0 Å². The van der Waals surface area contributed by atoms with Crippen molar-refractivity contribution in [3.05, 3.63) is 45.5 Å². The number of carbonyl (C=O) groups is 2. The van der Waals surface area contributed by atoms with E-state index in [2.05, 4.69) is 0 Å². The Morgan fingerprint density at radius 2 is 1.95 bits per heavy atom. The summed E-state index contributed by atoms with van der Waals surface area (Å²) >= 11 is 0. The maximum atomic E-state index is 12.2. The van der Waals surface area contributed by atoms with Crippen molar-refractivity contribution in [2.45, 2.75) is 19.4 Å². The minimum absolute atomic E-state index is 0.0537. The second-order valence-corrected chi connectivity index (χ2v) is 5.16. The van der Waals surface area contributed by atoms with Gasteiger partial charge in [-0.25, -0.2) is 0 Å². The molecule has 0 spiro atoms. The van der Waals surface area contributed by atoms with Crippen LogP contribution in [-0.4, -0.2) is 34.1 Å². The van der Waals surface area contributed by atoms with Crippen molar-refractivity contribution in [2.75, 3.05) is 7.05 Å². The number of hydrogen-bond donors (Lipinski definition) is 0. The Hall–Kier alpha value is -2.50. The van der Waals surface area contributed by atoms with Gasteiger partial charge in [0.15, 0.2) is 5.78 Å². The van der Waals surface area contributed by atoms with Gasteiger partial charge in [-0.05, 0) is 25.5 Å². The second kappa shape index (κ2) is 4.56. The highest BCUT2D eigenvalue weighted by Gasteiger charge is 2.47. The van der Waals surface area contributed by atoms with Gasteiger partial charge in [-0.2, -0.15) is 0 Å². The molecule has 1 amide bonds. The fourth-order valence-electron chi connectivity index (χ4n) is 2.04. The van der Waals surface area contributed by atoms with Crippen LogP contribution in [0.2, 0.25) is 0 Å². The summed E-state index contributed by atoms with van der Waals surface area (Å²) in [6, 6.07) is 5.82. The Kier molecular flexibility index (Phi) is 3.17. The Morgan fingerprint density at radius 3 is 2.45 bits per heavy atom. The molecule has 1 heterocycles. The van der Waals surface area contributed by atoms with Gasteiger partial charge in [0.1, 0.15) is 5.54 Å². The molecule has 6 heteroatoms. The molecule has 0 aliphatic carbocycles. The van der Waals surface area contributed by atoms with Crippen molar-refractivity contribution >= 4 is 23.5 Å². The van der Waals surface area contributed by atoms with Crippen molar-refractivity contribution in [1.82, 2.24) is 4.90 Å². The summed E-state index contributed by atoms with van der Waals surface area (Å²) in [4.78, 5) is 35.8. The van der Waals surface area contributed by atoms with Gasteiger partial charge in [0.2, 0.25) is 0 Å². The van der Waals surface area contributed by atoms with Crippen LogP contribution in [0, 0.1) is 10.1 Å². The third-order valence-corrected chi connectivity index (χ3v) is 3.57. The molecule has 104 valence electrons. The van der Waals surface area contributed by atoms with E-state index in [4.69, 9.17) is 0 Å². The summed E-state index contributed by atoms with van der Waals surface area (Å²) in [7, 11) is 1.56. The van der Waals surface area contributed by atoms with E-state index in [0.29, 0.717) is 5.56 Å². The Labute approximate surface area is 115 Å². The lowest BCUT2D eigenvalue weighted by molar-refractivity contribution is -0.384. The minimum Gasteiger partial charge on any atom is -0.329 e. The first-order chi connectivity index (χ1) is 9.25. The summed E-state index contributed by atoms with van der Waals surface area (Å²) in [5.74, 6) is -0.650. The molecule has 1 aromatic carbocycles. The molecule has 1 saturated heterocycles. The van der Waals surface area contributed by atoms with Crippen LogP contribution in [0.3, 0.4) is 0 Å². The van der Waals surface area contributed by atoms with Gasteiger partial charge in [-0.1, -0.05) is 12.1 Å². The molecule has 6 nitrogen and oxygen atoms in total. The second-order valence-electron chi connectivity index (χ2n) is 5.16. The Morgan fingerprint density at radius 1 is 1.30 bits per heavy atom. The van der Waals surface area contributed by atoms with Gasteiger partial charge in [0, 0.05) is 19.2 Å². The summed E-state index contributed by atoms with van der Waals surface area (Å²) in [5, 5.41) is 10.7. The standard InChI is InChI=1S/C14H14N2O4/c1-14(2)12(17)11(13(18)15(14)3)8-9-5-4-6-10(7-9)16(19)20/h4-8H,1-3H3/b11-8+. The number of non-ortho nitro benzene ring substituents is 1. The number of hydrogen-bond acceptors (Lipinski definition) is 4. The van der Waals surface area contributed by atoms with E-state index in [1.807, 2.05) is 0 Å². The molecule has 2 rings (SSSR count). The molecule has 1 aliphatic heterocycles. The first-order valence-corrected chi connectivity index (χ1v) is 6.04. The number of benzene rings is 1. The van der Waals surface area contributed by atoms with E-state index in [1.54, 1.807) is 27.0 Å². The lowest BCUT2D eigenvalue weighted by Gasteiger charge is -2.24. The lowest BCUT2D eigenvalue weighted by Crippen LogP contribution is -2.41. The van der Waals surface area contributed by atoms with Crippen molar-refractivity contribution < 1.29 is 14.5 Å². The van der Waals surface area contributed by atoms with Crippen LogP contribution >= 0.6 is 0 Å². The highest BCUT2D eigenvalue weighted by atomic mass is 16.6. The fraction of sp³-hybridized carbons (Fsp3) is 0.286. The predicted octanol–water partition coefficient (Wildman–Crippen LogP) is 1.80. The summed E-state index contributed by atoms with van der Waals surface area (Å²) < 4.78 is 0. The first kappa shape index (κ1) is 13.9. The molecule has 1 aliphatic rings. The van der Waals surface area contributed by atoms with E-state index in [-0.39, 0.29) is 23.0 Å². The fourth-order valence-corrected chi connectivity index (χ4v) is 2.04. The number of nitro benzene ring substituents is 1. The third kappa shape index (κ3) is 2.09. The maximum absolute atomic E-state index is 12.2. The van der Waals surface area contributed by atoms with Gasteiger partial charge in [-0.3, -0.25) is 19.7 Å². The van der Waals surface area contributed by atoms with E-state index in [1.165, 1.54) is 29.2 Å². The molecule has 1 fully saturated rings. The summed E-state index contributed by atoms with van der Waals surface area (Å²) in [6.07, 6.45) is 1.41. The van der Waals surface area contributed by atoms with Crippen LogP contribution in [0.5, 0.6) is 0 Å². The molecule has 0 atom stereocenters. The molecule has 1 aromatic rings. The third-order valence-electron chi connectivity index (χ3n) is 3.57. The van der Waals surface area contributed by atoms with Crippen LogP contribution in [0.25, 0.3) is 6.08 Å². The molecular formula is C14H14N2O4. The summed E-state index contributed by atoms with van der Waals surface area (Å²) in [5.41, 5.74) is -0.450. The Balaban J connectivity index is 2.46. The van der Waals surface area contributed by atoms with E-state index in [9.17, 15) is 19.7 Å². The predicted molar refractivity (Wildman–Crippen MR) is 72.9 cm³/mol. The summed E-state index contributed by atoms with van der Waals surface area (Å²) in [6.45, 7) is 3.34. The number of Topliss-reactive ketones (excluding diaryl/α,β-unsaturated/α-hetero) is 1. The number of nitrogens with zero attached hydrogens (tertiary/aromatic N) is 2. The molecule has 0 radical (unpaired) electrons. The number of nitro groups is 1. The average molecular weight is 274 g/mol. The number of likely N-dealkylation sites (N-methyl/N-ethyl adjacent to an activating group) is 1. The van der Waals surface area contributed by atoms with Crippen molar-refractivity contribution in [2.24, 2.45) is 0 Å². The number of carbonyl (C=O) groups excluding carboxylic acids is 2. The van der Waals surface area contributed by atoms with Crippen molar-refractivity contribution in [1.29, 1.82) is 0 Å². The van der Waals surface area contributed by atoms with Crippen molar-refractivity contribution in [3.63, 3.8) is 0 Å². The smallest absolute Gasteiger partial charge is 0.270 e. The molecular weight excluding hydrogens is 260 g/mol. The van der Waals surface area contributed by atoms with Crippen LogP contribution in [-0.2, 0) is 9.59 Å². The van der Waals surface area contributed by atoms with Crippen LogP contribution in [0.4, 0.5) is 5.69 Å². The van der Waals surface area contributed by atoms with Gasteiger partial charge in [-0.15, -0.1) is 0 Å². The zero-order valence-electron chi connectivity index (χ0n) is 11.4. The number of amides is 1. The number of rotatable bonds is 2. The molecule has 0 unspecified atom stereocenters. The Bertz CT molecular complexity index is 646. The average Bonchev–Trinajstić information content (AvgIpc) is 2.54. The zero-order valence-corrected chi connectivity index (χ0v) is 11.4. The highest BCUT2D eigenvalue weighted by molar-refractivity contribution is 6.30. The molecule has 0 bridgehead atoms. The zero-order chi connectivity index (χ0) is 15.1. The lowest BCUT2D eigenvalue weighted by atomic mass is 9.97. The van der Waals surface area contributed by atoms with Crippen LogP contribution in [0.1, 0.15) is 19.4 Å². The van der Waals surface area contributed by atoms with Gasteiger partial charge in [0.25, 0.3) is 11.6 Å². The van der Waals surface area contributed by atoms with Gasteiger partial charge < -0.3 is 4.90 Å². The van der Waals surface area contributed by atoms with E-state index < -0.39 is 10.5 Å². The number of likely N-dealkylation sites (tertiary alicyclic amines) is 1. The molecule has 0 N–H and O–H groups in total. The number of ketones is 1. The largest absolute Gasteiger partial charge is 0.329 e. The highest BCUT2D eigenvalue weighted by Crippen LogP contribution is 2.30.